The minimum absolute atomic E-state index is 0.640. The summed E-state index contributed by atoms with van der Waals surface area (Å²) < 4.78 is 0. The predicted octanol–water partition coefficient (Wildman–Crippen LogP) is 4.75. The Balaban J connectivity index is 2.65. The Kier molecular flexibility index (Phi) is 4.84. The molecule has 20 heavy (non-hydrogen) atoms. The van der Waals surface area contributed by atoms with Crippen LogP contribution in [0.25, 0.3) is 11.3 Å². The maximum absolute atomic E-state index is 6.29. The van der Waals surface area contributed by atoms with Gasteiger partial charge in [0.2, 0.25) is 0 Å². The summed E-state index contributed by atoms with van der Waals surface area (Å²) in [5.74, 6) is 1.64. The summed E-state index contributed by atoms with van der Waals surface area (Å²) in [5.41, 5.74) is 2.64. The van der Waals surface area contributed by atoms with Gasteiger partial charge in [0.1, 0.15) is 11.6 Å². The molecule has 5 heteroatoms. The van der Waals surface area contributed by atoms with Crippen molar-refractivity contribution >= 4 is 29.0 Å². The van der Waals surface area contributed by atoms with E-state index in [2.05, 4.69) is 22.2 Å². The molecule has 0 saturated carbocycles. The van der Waals surface area contributed by atoms with E-state index in [1.54, 1.807) is 12.1 Å². The van der Waals surface area contributed by atoms with Crippen LogP contribution in [0.5, 0.6) is 0 Å². The molecule has 0 aliphatic rings. The summed E-state index contributed by atoms with van der Waals surface area (Å²) in [7, 11) is 1.86. The highest BCUT2D eigenvalue weighted by molar-refractivity contribution is 6.35. The molecule has 0 atom stereocenters. The predicted molar refractivity (Wildman–Crippen MR) is 85.8 cm³/mol. The van der Waals surface area contributed by atoms with Crippen LogP contribution in [0.15, 0.2) is 18.2 Å². The summed E-state index contributed by atoms with van der Waals surface area (Å²) in [5, 5.41) is 4.39. The van der Waals surface area contributed by atoms with Gasteiger partial charge in [-0.15, -0.1) is 0 Å². The molecule has 0 unspecified atom stereocenters. The smallest absolute Gasteiger partial charge is 0.132 e. The van der Waals surface area contributed by atoms with Gasteiger partial charge in [-0.1, -0.05) is 30.1 Å². The summed E-state index contributed by atoms with van der Waals surface area (Å²) >= 11 is 12.4. The lowest BCUT2D eigenvalue weighted by molar-refractivity contribution is 0.834. The Labute approximate surface area is 129 Å². The van der Waals surface area contributed by atoms with Crippen molar-refractivity contribution in [1.82, 2.24) is 9.97 Å². The van der Waals surface area contributed by atoms with Crippen LogP contribution in [0.1, 0.15) is 24.7 Å². The fourth-order valence-electron chi connectivity index (χ4n) is 2.08. The standard InChI is InChI=1S/C15H17Cl2N3/c1-4-5-13-19-14(9(2)15(18-3)20-13)11-8-10(16)6-7-12(11)17/h6-8H,4-5H2,1-3H3,(H,18,19,20). The molecule has 0 amide bonds. The van der Waals surface area contributed by atoms with Crippen molar-refractivity contribution in [3.63, 3.8) is 0 Å². The van der Waals surface area contributed by atoms with E-state index in [1.807, 2.05) is 20.0 Å². The number of aromatic nitrogens is 2. The minimum atomic E-state index is 0.640. The van der Waals surface area contributed by atoms with Gasteiger partial charge in [0.05, 0.1) is 10.7 Å². The molecule has 0 fully saturated rings. The van der Waals surface area contributed by atoms with Gasteiger partial charge in [0, 0.05) is 29.6 Å². The summed E-state index contributed by atoms with van der Waals surface area (Å²) in [6.45, 7) is 4.09. The maximum atomic E-state index is 6.29. The first-order valence-corrected chi connectivity index (χ1v) is 7.33. The van der Waals surface area contributed by atoms with Crippen LogP contribution < -0.4 is 5.32 Å². The molecule has 1 heterocycles. The van der Waals surface area contributed by atoms with Crippen LogP contribution in [-0.2, 0) is 6.42 Å². The van der Waals surface area contributed by atoms with Crippen molar-refractivity contribution in [2.75, 3.05) is 12.4 Å². The van der Waals surface area contributed by atoms with Crippen molar-refractivity contribution < 1.29 is 0 Å². The number of hydrogen-bond acceptors (Lipinski definition) is 3. The second-order valence-corrected chi connectivity index (χ2v) is 5.43. The number of nitrogens with one attached hydrogen (secondary N) is 1. The number of rotatable bonds is 4. The first-order chi connectivity index (χ1) is 9.56. The Morgan fingerprint density at radius 2 is 1.95 bits per heavy atom. The Bertz CT molecular complexity index is 627. The lowest BCUT2D eigenvalue weighted by atomic mass is 10.1. The second kappa shape index (κ2) is 6.42. The minimum Gasteiger partial charge on any atom is -0.373 e. The van der Waals surface area contributed by atoms with Gasteiger partial charge >= 0.3 is 0 Å². The molecule has 106 valence electrons. The SMILES string of the molecule is CCCc1nc(NC)c(C)c(-c2cc(Cl)ccc2Cl)n1. The van der Waals surface area contributed by atoms with Crippen molar-refractivity contribution in [1.29, 1.82) is 0 Å². The molecule has 2 aromatic rings. The van der Waals surface area contributed by atoms with Crippen molar-refractivity contribution in [3.8, 4) is 11.3 Å². The largest absolute Gasteiger partial charge is 0.373 e. The van der Waals surface area contributed by atoms with Crippen LogP contribution in [0, 0.1) is 6.92 Å². The van der Waals surface area contributed by atoms with E-state index in [9.17, 15) is 0 Å². The van der Waals surface area contributed by atoms with Gasteiger partial charge in [-0.25, -0.2) is 9.97 Å². The zero-order valence-corrected chi connectivity index (χ0v) is 13.3. The lowest BCUT2D eigenvalue weighted by Crippen LogP contribution is -2.05. The zero-order chi connectivity index (χ0) is 14.7. The van der Waals surface area contributed by atoms with Gasteiger partial charge < -0.3 is 5.32 Å². The molecule has 0 saturated heterocycles. The fourth-order valence-corrected chi connectivity index (χ4v) is 2.46. The Hall–Kier alpha value is -1.32. The highest BCUT2D eigenvalue weighted by Crippen LogP contribution is 2.33. The number of halogens is 2. The number of nitrogens with zero attached hydrogens (tertiary/aromatic N) is 2. The quantitative estimate of drug-likeness (QED) is 0.885. The van der Waals surface area contributed by atoms with E-state index >= 15 is 0 Å². The summed E-state index contributed by atoms with van der Waals surface area (Å²) in [6, 6.07) is 5.41. The van der Waals surface area contributed by atoms with Crippen LogP contribution in [0.4, 0.5) is 5.82 Å². The molecule has 3 nitrogen and oxygen atoms in total. The summed E-state index contributed by atoms with van der Waals surface area (Å²) in [6.07, 6.45) is 1.83. The topological polar surface area (TPSA) is 37.8 Å². The Morgan fingerprint density at radius 3 is 2.60 bits per heavy atom. The van der Waals surface area contributed by atoms with Gasteiger partial charge in [-0.3, -0.25) is 0 Å². The molecule has 0 radical (unpaired) electrons. The Morgan fingerprint density at radius 1 is 1.20 bits per heavy atom. The molecular weight excluding hydrogens is 293 g/mol. The van der Waals surface area contributed by atoms with E-state index in [0.29, 0.717) is 10.0 Å². The third kappa shape index (κ3) is 3.05. The number of aryl methyl sites for hydroxylation is 1. The molecule has 2 rings (SSSR count). The monoisotopic (exact) mass is 309 g/mol. The maximum Gasteiger partial charge on any atom is 0.132 e. The van der Waals surface area contributed by atoms with Crippen LogP contribution in [0.3, 0.4) is 0 Å². The normalized spacial score (nSPS) is 10.7. The van der Waals surface area contributed by atoms with E-state index < -0.39 is 0 Å². The van der Waals surface area contributed by atoms with E-state index in [-0.39, 0.29) is 0 Å². The van der Waals surface area contributed by atoms with E-state index in [0.717, 1.165) is 41.3 Å². The average molecular weight is 310 g/mol. The van der Waals surface area contributed by atoms with Gasteiger partial charge in [-0.2, -0.15) is 0 Å². The highest BCUT2D eigenvalue weighted by Gasteiger charge is 2.14. The van der Waals surface area contributed by atoms with Gasteiger partial charge in [-0.05, 0) is 31.5 Å². The molecule has 1 aromatic heterocycles. The van der Waals surface area contributed by atoms with Crippen molar-refractivity contribution in [3.05, 3.63) is 39.6 Å². The fraction of sp³-hybridized carbons (Fsp3) is 0.333. The summed E-state index contributed by atoms with van der Waals surface area (Å²) in [4.78, 5) is 9.17. The van der Waals surface area contributed by atoms with Crippen LogP contribution >= 0.6 is 23.2 Å². The van der Waals surface area contributed by atoms with Crippen molar-refractivity contribution in [2.24, 2.45) is 0 Å². The number of benzene rings is 1. The molecule has 0 spiro atoms. The molecule has 1 aromatic carbocycles. The zero-order valence-electron chi connectivity index (χ0n) is 11.8. The average Bonchev–Trinajstić information content (AvgIpc) is 2.43. The molecule has 0 aliphatic carbocycles. The van der Waals surface area contributed by atoms with E-state index in [1.165, 1.54) is 0 Å². The lowest BCUT2D eigenvalue weighted by Gasteiger charge is -2.13. The first-order valence-electron chi connectivity index (χ1n) is 6.57. The van der Waals surface area contributed by atoms with Crippen LogP contribution in [-0.4, -0.2) is 17.0 Å². The molecule has 1 N–H and O–H groups in total. The van der Waals surface area contributed by atoms with Gasteiger partial charge in [0.25, 0.3) is 0 Å². The third-order valence-electron chi connectivity index (χ3n) is 3.09. The first kappa shape index (κ1) is 15.1. The molecule has 0 aliphatic heterocycles. The van der Waals surface area contributed by atoms with E-state index in [4.69, 9.17) is 23.2 Å². The number of hydrogen-bond donors (Lipinski definition) is 1. The van der Waals surface area contributed by atoms with Crippen LogP contribution in [0.2, 0.25) is 10.0 Å². The third-order valence-corrected chi connectivity index (χ3v) is 3.65. The second-order valence-electron chi connectivity index (χ2n) is 4.59. The highest BCUT2D eigenvalue weighted by atomic mass is 35.5. The van der Waals surface area contributed by atoms with Crippen molar-refractivity contribution in [2.45, 2.75) is 26.7 Å². The number of anilines is 1. The molecular formula is C15H17Cl2N3. The molecule has 0 bridgehead atoms. The van der Waals surface area contributed by atoms with Gasteiger partial charge in [0.15, 0.2) is 0 Å².